The highest BCUT2D eigenvalue weighted by molar-refractivity contribution is 5.72. The summed E-state index contributed by atoms with van der Waals surface area (Å²) in [6, 6.07) is 0. The van der Waals surface area contributed by atoms with Crippen molar-refractivity contribution in [1.29, 1.82) is 0 Å². The third-order valence-corrected chi connectivity index (χ3v) is 16.1. The summed E-state index contributed by atoms with van der Waals surface area (Å²) in [5.41, 5.74) is 0. The van der Waals surface area contributed by atoms with Crippen LogP contribution in [0.2, 0.25) is 0 Å². The maximum Gasteiger partial charge on any atom is 0.310 e. The molecule has 81 heavy (non-hydrogen) atoms. The Kier molecular flexibility index (Phi) is 67.1. The van der Waals surface area contributed by atoms with Gasteiger partial charge in [0.15, 0.2) is 6.10 Å². The molecule has 0 rings (SSSR count). The molecule has 6 nitrogen and oxygen atoms in total. The van der Waals surface area contributed by atoms with E-state index in [9.17, 15) is 14.4 Å². The van der Waals surface area contributed by atoms with Gasteiger partial charge >= 0.3 is 17.9 Å². The molecule has 0 fully saturated rings. The molecule has 0 aliphatic heterocycles. The Morgan fingerprint density at radius 1 is 0.259 bits per heavy atom. The molecule has 0 heterocycles. The maximum atomic E-state index is 12.8. The van der Waals surface area contributed by atoms with Crippen molar-refractivity contribution in [3.8, 4) is 0 Å². The summed E-state index contributed by atoms with van der Waals surface area (Å²) in [6.07, 6.45) is 90.2. The summed E-state index contributed by atoms with van der Waals surface area (Å²) in [7, 11) is 0. The molecule has 0 spiro atoms. The van der Waals surface area contributed by atoms with E-state index in [1.165, 1.54) is 270 Å². The number of hydrogen-bond acceptors (Lipinski definition) is 6. The highest BCUT2D eigenvalue weighted by atomic mass is 16.6. The van der Waals surface area contributed by atoms with Crippen LogP contribution in [0.1, 0.15) is 380 Å². The van der Waals surface area contributed by atoms with Gasteiger partial charge in [0, 0.05) is 12.8 Å². The van der Waals surface area contributed by atoms with Crippen LogP contribution in [0, 0.1) is 0 Å². The van der Waals surface area contributed by atoms with Crippen LogP contribution in [0.5, 0.6) is 0 Å². The van der Waals surface area contributed by atoms with Crippen LogP contribution in [-0.2, 0) is 28.6 Å². The van der Waals surface area contributed by atoms with Gasteiger partial charge in [-0.3, -0.25) is 14.4 Å². The first kappa shape index (κ1) is 78.1. The number of carbonyl (C=O) groups excluding carboxylic acids is 3. The second kappa shape index (κ2) is 69.6. The minimum absolute atomic E-state index is 0.102. The standard InChI is InChI=1S/C75H136O6/c1-4-7-10-13-16-19-22-25-28-29-30-31-32-33-34-35-36-37-38-39-40-41-42-43-44-45-48-50-53-56-59-62-65-68-74(77)80-71-72(81-75(78)69-66-63-60-57-54-51-47-27-24-21-18-15-12-9-6-3)70-79-73(76)67-64-61-58-55-52-49-46-26-23-20-17-14-11-8-5-2/h9,12,18,21,27,47,54,57,63,66,72H,4-8,10-11,13-17,19-20,22-26,28-46,48-53,55-56,58-62,64-65,67-71H2,1-3H3/b12-9-,21-18-,47-27-,57-54-,66-63-. The van der Waals surface area contributed by atoms with Gasteiger partial charge in [-0.05, 0) is 44.9 Å². The van der Waals surface area contributed by atoms with Crippen molar-refractivity contribution < 1.29 is 28.6 Å². The van der Waals surface area contributed by atoms with E-state index >= 15 is 0 Å². The Morgan fingerprint density at radius 2 is 0.469 bits per heavy atom. The van der Waals surface area contributed by atoms with Crippen molar-refractivity contribution in [2.45, 2.75) is 386 Å². The number of ether oxygens (including phenoxy) is 3. The minimum Gasteiger partial charge on any atom is -0.462 e. The zero-order chi connectivity index (χ0) is 58.5. The lowest BCUT2D eigenvalue weighted by atomic mass is 10.0. The molecule has 6 heteroatoms. The average molecular weight is 1130 g/mol. The monoisotopic (exact) mass is 1130 g/mol. The Balaban J connectivity index is 4.15. The van der Waals surface area contributed by atoms with Gasteiger partial charge in [0.1, 0.15) is 13.2 Å². The van der Waals surface area contributed by atoms with Crippen LogP contribution < -0.4 is 0 Å². The molecule has 0 radical (unpaired) electrons. The minimum atomic E-state index is -0.827. The third-order valence-electron chi connectivity index (χ3n) is 16.1. The van der Waals surface area contributed by atoms with Gasteiger partial charge in [-0.25, -0.2) is 0 Å². The number of allylic oxidation sites excluding steroid dienone is 9. The average Bonchev–Trinajstić information content (AvgIpc) is 3.47. The molecule has 0 aromatic heterocycles. The van der Waals surface area contributed by atoms with Crippen molar-refractivity contribution in [2.75, 3.05) is 13.2 Å². The largest absolute Gasteiger partial charge is 0.462 e. The number of hydrogen-bond donors (Lipinski definition) is 0. The highest BCUT2D eigenvalue weighted by Gasteiger charge is 2.19. The summed E-state index contributed by atoms with van der Waals surface area (Å²) in [4.78, 5) is 38.3. The van der Waals surface area contributed by atoms with E-state index in [1.54, 1.807) is 6.08 Å². The molecular formula is C75H136O6. The number of carbonyl (C=O) groups is 3. The molecule has 0 amide bonds. The van der Waals surface area contributed by atoms with E-state index in [2.05, 4.69) is 69.4 Å². The summed E-state index contributed by atoms with van der Waals surface area (Å²) >= 11 is 0. The van der Waals surface area contributed by atoms with E-state index in [4.69, 9.17) is 14.2 Å². The molecule has 0 saturated carbocycles. The van der Waals surface area contributed by atoms with Crippen molar-refractivity contribution in [3.05, 3.63) is 60.8 Å². The third kappa shape index (κ3) is 67.8. The molecule has 0 aromatic rings. The number of unbranched alkanes of at least 4 members (excludes halogenated alkanes) is 46. The molecule has 1 unspecified atom stereocenters. The molecule has 0 N–H and O–H groups in total. The number of rotatable bonds is 66. The molecule has 0 aliphatic carbocycles. The molecule has 0 saturated heterocycles. The Labute approximate surface area is 504 Å². The van der Waals surface area contributed by atoms with Gasteiger partial charge in [-0.15, -0.1) is 0 Å². The topological polar surface area (TPSA) is 78.9 Å². The summed E-state index contributed by atoms with van der Waals surface area (Å²) in [5.74, 6) is -1.02. The quantitative estimate of drug-likeness (QED) is 0.0261. The number of esters is 3. The maximum absolute atomic E-state index is 12.8. The summed E-state index contributed by atoms with van der Waals surface area (Å²) in [6.45, 7) is 6.51. The van der Waals surface area contributed by atoms with E-state index < -0.39 is 12.1 Å². The van der Waals surface area contributed by atoms with Gasteiger partial charge in [-0.2, -0.15) is 0 Å². The molecule has 0 bridgehead atoms. The van der Waals surface area contributed by atoms with Gasteiger partial charge in [-0.1, -0.05) is 377 Å². The van der Waals surface area contributed by atoms with Crippen LogP contribution in [0.4, 0.5) is 0 Å². The lowest BCUT2D eigenvalue weighted by Gasteiger charge is -2.18. The molecule has 0 aromatic carbocycles. The SMILES string of the molecule is CC/C=C\C/C=C\C/C=C\C/C=C\C/C=C\CC(=O)OC(COC(=O)CCCCCCCCCCCCCCCCC)COC(=O)CCCCCCCCCCCCCCCCCCCCCCCCCCCCCCCCCCC. The van der Waals surface area contributed by atoms with Gasteiger partial charge in [0.05, 0.1) is 6.42 Å². The van der Waals surface area contributed by atoms with E-state index in [0.717, 1.165) is 70.6 Å². The zero-order valence-electron chi connectivity index (χ0n) is 54.3. The summed E-state index contributed by atoms with van der Waals surface area (Å²) < 4.78 is 16.8. The first-order valence-corrected chi connectivity index (χ1v) is 35.8. The van der Waals surface area contributed by atoms with Crippen molar-refractivity contribution in [3.63, 3.8) is 0 Å². The predicted molar refractivity (Wildman–Crippen MR) is 353 cm³/mol. The first-order valence-electron chi connectivity index (χ1n) is 35.8. The molecular weight excluding hydrogens is 997 g/mol. The fourth-order valence-electron chi connectivity index (χ4n) is 10.8. The lowest BCUT2D eigenvalue weighted by molar-refractivity contribution is -0.166. The first-order chi connectivity index (χ1) is 40.0. The predicted octanol–water partition coefficient (Wildman–Crippen LogP) is 24.7. The Bertz CT molecular complexity index is 1440. The molecule has 0 aliphatic rings. The van der Waals surface area contributed by atoms with E-state index in [-0.39, 0.29) is 31.6 Å². The van der Waals surface area contributed by atoms with Crippen LogP contribution in [-0.4, -0.2) is 37.2 Å². The Hall–Kier alpha value is -2.89. The van der Waals surface area contributed by atoms with Gasteiger partial charge in [0.25, 0.3) is 0 Å². The Morgan fingerprint density at radius 3 is 0.704 bits per heavy atom. The highest BCUT2D eigenvalue weighted by Crippen LogP contribution is 2.19. The second-order valence-corrected chi connectivity index (χ2v) is 24.2. The van der Waals surface area contributed by atoms with Crippen LogP contribution in [0.3, 0.4) is 0 Å². The fraction of sp³-hybridized carbons (Fsp3) is 0.827. The van der Waals surface area contributed by atoms with Crippen molar-refractivity contribution in [2.24, 2.45) is 0 Å². The van der Waals surface area contributed by atoms with Crippen LogP contribution in [0.25, 0.3) is 0 Å². The smallest absolute Gasteiger partial charge is 0.310 e. The fourth-order valence-corrected chi connectivity index (χ4v) is 10.8. The molecule has 472 valence electrons. The van der Waals surface area contributed by atoms with E-state index in [1.807, 2.05) is 6.08 Å². The van der Waals surface area contributed by atoms with Crippen LogP contribution in [0.15, 0.2) is 60.8 Å². The second-order valence-electron chi connectivity index (χ2n) is 24.2. The van der Waals surface area contributed by atoms with Crippen molar-refractivity contribution >= 4 is 17.9 Å². The lowest BCUT2D eigenvalue weighted by Crippen LogP contribution is -2.30. The van der Waals surface area contributed by atoms with Gasteiger partial charge in [0.2, 0.25) is 0 Å². The molecule has 1 atom stereocenters. The van der Waals surface area contributed by atoms with Gasteiger partial charge < -0.3 is 14.2 Å². The zero-order valence-corrected chi connectivity index (χ0v) is 54.3. The normalized spacial score (nSPS) is 12.4. The van der Waals surface area contributed by atoms with Crippen molar-refractivity contribution in [1.82, 2.24) is 0 Å². The summed E-state index contributed by atoms with van der Waals surface area (Å²) in [5, 5.41) is 0. The van der Waals surface area contributed by atoms with E-state index in [0.29, 0.717) is 12.8 Å². The van der Waals surface area contributed by atoms with Crippen LogP contribution >= 0.6 is 0 Å².